The molecule has 0 aliphatic heterocycles. The molecule has 0 saturated carbocycles. The molecule has 6 nitrogen and oxygen atoms in total. The van der Waals surface area contributed by atoms with Gasteiger partial charge < -0.3 is 10.1 Å². The highest BCUT2D eigenvalue weighted by atomic mass is 32.2. The summed E-state index contributed by atoms with van der Waals surface area (Å²) in [6, 6.07) is 6.10. The minimum atomic E-state index is -3.71. The summed E-state index contributed by atoms with van der Waals surface area (Å²) in [6.45, 7) is 7.25. The van der Waals surface area contributed by atoms with Gasteiger partial charge in [-0.3, -0.25) is 4.79 Å². The van der Waals surface area contributed by atoms with Crippen molar-refractivity contribution in [3.63, 3.8) is 0 Å². The Morgan fingerprint density at radius 2 is 1.77 bits per heavy atom. The van der Waals surface area contributed by atoms with Crippen molar-refractivity contribution >= 4 is 15.9 Å². The first-order valence-corrected chi connectivity index (χ1v) is 8.49. The van der Waals surface area contributed by atoms with Crippen molar-refractivity contribution in [3.8, 4) is 5.75 Å². The highest BCUT2D eigenvalue weighted by Crippen LogP contribution is 2.19. The molecule has 0 unspecified atom stereocenters. The quantitative estimate of drug-likeness (QED) is 0.861. The molecule has 124 valence electrons. The van der Waals surface area contributed by atoms with E-state index in [0.717, 1.165) is 4.31 Å². The number of carbonyl (C=O) groups excluding carboxylic acids is 1. The van der Waals surface area contributed by atoms with E-state index in [9.17, 15) is 13.2 Å². The van der Waals surface area contributed by atoms with Crippen LogP contribution in [-0.2, 0) is 14.8 Å². The summed E-state index contributed by atoms with van der Waals surface area (Å²) in [6.07, 6.45) is 0. The monoisotopic (exact) mass is 328 g/mol. The van der Waals surface area contributed by atoms with Crippen LogP contribution in [0.4, 0.5) is 0 Å². The average Bonchev–Trinajstić information content (AvgIpc) is 2.42. The van der Waals surface area contributed by atoms with Crippen molar-refractivity contribution in [3.05, 3.63) is 24.3 Å². The van der Waals surface area contributed by atoms with Crippen molar-refractivity contribution in [2.24, 2.45) is 0 Å². The molecule has 22 heavy (non-hydrogen) atoms. The van der Waals surface area contributed by atoms with Crippen molar-refractivity contribution in [2.45, 2.75) is 38.1 Å². The van der Waals surface area contributed by atoms with E-state index in [4.69, 9.17) is 4.74 Å². The first-order valence-electron chi connectivity index (χ1n) is 7.05. The maximum atomic E-state index is 12.6. The fraction of sp³-hybridized carbons (Fsp3) is 0.533. The Labute approximate surface area is 132 Å². The van der Waals surface area contributed by atoms with Gasteiger partial charge in [-0.25, -0.2) is 8.42 Å². The molecule has 1 rings (SSSR count). The number of hydrogen-bond acceptors (Lipinski definition) is 4. The number of hydrogen-bond donors (Lipinski definition) is 1. The highest BCUT2D eigenvalue weighted by Gasteiger charge is 2.26. The summed E-state index contributed by atoms with van der Waals surface area (Å²) in [4.78, 5) is 12.1. The molecule has 0 fully saturated rings. The Kier molecular flexibility index (Phi) is 5.96. The summed E-state index contributed by atoms with van der Waals surface area (Å²) >= 11 is 0. The van der Waals surface area contributed by atoms with E-state index in [1.54, 1.807) is 19.1 Å². The van der Waals surface area contributed by atoms with E-state index >= 15 is 0 Å². The lowest BCUT2D eigenvalue weighted by Gasteiger charge is -2.24. The van der Waals surface area contributed by atoms with Crippen LogP contribution >= 0.6 is 0 Å². The summed E-state index contributed by atoms with van der Waals surface area (Å²) in [7, 11) is -2.20. The lowest BCUT2D eigenvalue weighted by Crippen LogP contribution is -2.47. The predicted molar refractivity (Wildman–Crippen MR) is 85.3 cm³/mol. The number of ether oxygens (including phenoxy) is 1. The second-order valence-electron chi connectivity index (χ2n) is 5.90. The van der Waals surface area contributed by atoms with E-state index in [-0.39, 0.29) is 23.9 Å². The number of likely N-dealkylation sites (N-methyl/N-ethyl adjacent to an activating group) is 1. The van der Waals surface area contributed by atoms with Crippen LogP contribution in [0.15, 0.2) is 29.2 Å². The van der Waals surface area contributed by atoms with Crippen molar-refractivity contribution in [1.29, 1.82) is 0 Å². The standard InChI is InChI=1S/C15H24N2O4S/c1-6-17(11-14(18)16-15(2,3)4)22(19,20)13-9-7-12(21-5)8-10-13/h7-10H,6,11H2,1-5H3,(H,16,18). The van der Waals surface area contributed by atoms with Gasteiger partial charge in [-0.1, -0.05) is 6.92 Å². The third-order valence-corrected chi connectivity index (χ3v) is 4.82. The van der Waals surface area contributed by atoms with E-state index in [2.05, 4.69) is 5.32 Å². The van der Waals surface area contributed by atoms with Gasteiger partial charge >= 0.3 is 0 Å². The lowest BCUT2D eigenvalue weighted by atomic mass is 10.1. The van der Waals surface area contributed by atoms with Crippen LogP contribution in [0.2, 0.25) is 0 Å². The van der Waals surface area contributed by atoms with Gasteiger partial charge in [0.2, 0.25) is 15.9 Å². The molecule has 0 spiro atoms. The summed E-state index contributed by atoms with van der Waals surface area (Å²) in [5.74, 6) is 0.249. The van der Waals surface area contributed by atoms with Crippen molar-refractivity contribution in [1.82, 2.24) is 9.62 Å². The Balaban J connectivity index is 2.94. The van der Waals surface area contributed by atoms with Crippen molar-refractivity contribution in [2.75, 3.05) is 20.2 Å². The van der Waals surface area contributed by atoms with E-state index in [1.807, 2.05) is 20.8 Å². The van der Waals surface area contributed by atoms with Gasteiger partial charge in [0.25, 0.3) is 0 Å². The SMILES string of the molecule is CCN(CC(=O)NC(C)(C)C)S(=O)(=O)c1ccc(OC)cc1. The lowest BCUT2D eigenvalue weighted by molar-refractivity contribution is -0.122. The van der Waals surface area contributed by atoms with Gasteiger partial charge in [-0.15, -0.1) is 0 Å². The maximum absolute atomic E-state index is 12.6. The Hall–Kier alpha value is -1.60. The Morgan fingerprint density at radius 3 is 2.18 bits per heavy atom. The van der Waals surface area contributed by atoms with Gasteiger partial charge in [-0.2, -0.15) is 4.31 Å². The Bertz CT molecular complexity index is 603. The summed E-state index contributed by atoms with van der Waals surface area (Å²) in [5, 5.41) is 2.76. The van der Waals surface area contributed by atoms with E-state index in [0.29, 0.717) is 5.75 Å². The summed E-state index contributed by atoms with van der Waals surface area (Å²) in [5.41, 5.74) is -0.402. The van der Waals surface area contributed by atoms with Gasteiger partial charge in [0.05, 0.1) is 18.6 Å². The molecular formula is C15H24N2O4S. The molecule has 0 aliphatic rings. The van der Waals surface area contributed by atoms with Crippen LogP contribution < -0.4 is 10.1 Å². The molecule has 7 heteroatoms. The van der Waals surface area contributed by atoms with Gasteiger partial charge in [0.15, 0.2) is 0 Å². The normalized spacial score (nSPS) is 12.3. The number of rotatable bonds is 6. The number of nitrogens with one attached hydrogen (secondary N) is 1. The molecule has 1 aromatic carbocycles. The molecule has 0 aromatic heterocycles. The third-order valence-electron chi connectivity index (χ3n) is 2.88. The minimum Gasteiger partial charge on any atom is -0.497 e. The summed E-state index contributed by atoms with van der Waals surface area (Å²) < 4.78 is 31.3. The largest absolute Gasteiger partial charge is 0.497 e. The first kappa shape index (κ1) is 18.4. The maximum Gasteiger partial charge on any atom is 0.243 e. The number of benzene rings is 1. The molecule has 0 radical (unpaired) electrons. The number of nitrogens with zero attached hydrogens (tertiary/aromatic N) is 1. The van der Waals surface area contributed by atoms with Crippen LogP contribution in [0, 0.1) is 0 Å². The number of amides is 1. The van der Waals surface area contributed by atoms with E-state index in [1.165, 1.54) is 19.2 Å². The van der Waals surface area contributed by atoms with Crippen LogP contribution in [0.1, 0.15) is 27.7 Å². The molecule has 0 saturated heterocycles. The molecular weight excluding hydrogens is 304 g/mol. The van der Waals surface area contributed by atoms with Crippen LogP contribution in [-0.4, -0.2) is 44.4 Å². The van der Waals surface area contributed by atoms with Crippen LogP contribution in [0.5, 0.6) is 5.75 Å². The highest BCUT2D eigenvalue weighted by molar-refractivity contribution is 7.89. The topological polar surface area (TPSA) is 75.7 Å². The molecule has 1 aromatic rings. The molecule has 0 heterocycles. The van der Waals surface area contributed by atoms with Crippen LogP contribution in [0.3, 0.4) is 0 Å². The number of carbonyl (C=O) groups is 1. The zero-order valence-electron chi connectivity index (χ0n) is 13.7. The average molecular weight is 328 g/mol. The van der Waals surface area contributed by atoms with E-state index < -0.39 is 15.6 Å². The molecule has 1 amide bonds. The second kappa shape index (κ2) is 7.11. The first-order chi connectivity index (χ1) is 10.1. The fourth-order valence-corrected chi connectivity index (χ4v) is 3.29. The molecule has 0 atom stereocenters. The molecule has 0 aliphatic carbocycles. The zero-order valence-corrected chi connectivity index (χ0v) is 14.5. The van der Waals surface area contributed by atoms with Crippen molar-refractivity contribution < 1.29 is 17.9 Å². The predicted octanol–water partition coefficient (Wildman–Crippen LogP) is 1.62. The van der Waals surface area contributed by atoms with Gasteiger partial charge in [0, 0.05) is 12.1 Å². The zero-order chi connectivity index (χ0) is 17.0. The third kappa shape index (κ3) is 4.99. The fourth-order valence-electron chi connectivity index (χ4n) is 1.88. The number of methoxy groups -OCH3 is 1. The molecule has 0 bridgehead atoms. The smallest absolute Gasteiger partial charge is 0.243 e. The second-order valence-corrected chi connectivity index (χ2v) is 7.84. The number of sulfonamides is 1. The minimum absolute atomic E-state index is 0.138. The van der Waals surface area contributed by atoms with Gasteiger partial charge in [-0.05, 0) is 45.0 Å². The molecule has 1 N–H and O–H groups in total. The Morgan fingerprint density at radius 1 is 1.23 bits per heavy atom. The van der Waals surface area contributed by atoms with Gasteiger partial charge in [0.1, 0.15) is 5.75 Å². The van der Waals surface area contributed by atoms with Crippen LogP contribution in [0.25, 0.3) is 0 Å².